The van der Waals surface area contributed by atoms with Crippen molar-refractivity contribution in [2.45, 2.75) is 43.9 Å². The molecule has 3 aromatic rings. The van der Waals surface area contributed by atoms with Crippen LogP contribution in [0.3, 0.4) is 0 Å². The standard InChI is InChI=1S/C29H30N2O8S/c1-29(2,3)39-28(35)30-23-17-40(36,37)25-14-11-21(27(33)34)15-24(25)31(26(23)32)16-18-5-7-19(8-6-18)20-9-12-22(38-4)13-10-20/h5-15,23H,16-17H2,1-4H3,(H,30,35)(H,33,34)/t23-/m0/s1. The lowest BCUT2D eigenvalue weighted by atomic mass is 10.0. The SMILES string of the molecule is COc1ccc(-c2ccc(CN3C(=O)[C@@H](NC(=O)OC(C)(C)C)CS(=O)(=O)c4ccc(C(=O)O)cc43)cc2)cc1. The van der Waals surface area contributed by atoms with Crippen LogP contribution >= 0.6 is 0 Å². The number of anilines is 1. The summed E-state index contributed by atoms with van der Waals surface area (Å²) in [5.41, 5.74) is 1.39. The molecule has 0 spiro atoms. The van der Waals surface area contributed by atoms with Crippen molar-refractivity contribution in [2.75, 3.05) is 17.8 Å². The molecule has 2 amide bonds. The van der Waals surface area contributed by atoms with E-state index >= 15 is 0 Å². The predicted octanol–water partition coefficient (Wildman–Crippen LogP) is 4.27. The molecule has 40 heavy (non-hydrogen) atoms. The fourth-order valence-electron chi connectivity index (χ4n) is 4.30. The Balaban J connectivity index is 1.72. The second-order valence-corrected chi connectivity index (χ2v) is 12.3. The van der Waals surface area contributed by atoms with Crippen molar-refractivity contribution in [1.82, 2.24) is 5.32 Å². The van der Waals surface area contributed by atoms with E-state index < -0.39 is 45.2 Å². The summed E-state index contributed by atoms with van der Waals surface area (Å²) < 4.78 is 37.1. The number of methoxy groups -OCH3 is 1. The Morgan fingerprint density at radius 2 is 1.60 bits per heavy atom. The summed E-state index contributed by atoms with van der Waals surface area (Å²) in [5, 5.41) is 11.9. The Kier molecular flexibility index (Phi) is 7.88. The van der Waals surface area contributed by atoms with Crippen molar-refractivity contribution < 1.29 is 37.4 Å². The van der Waals surface area contributed by atoms with Gasteiger partial charge in [0.1, 0.15) is 17.4 Å². The first-order chi connectivity index (χ1) is 18.8. The monoisotopic (exact) mass is 566 g/mol. The Labute approximate surface area is 232 Å². The average molecular weight is 567 g/mol. The van der Waals surface area contributed by atoms with Crippen LogP contribution in [-0.2, 0) is 25.9 Å². The van der Waals surface area contributed by atoms with Gasteiger partial charge in [0.15, 0.2) is 9.84 Å². The molecule has 0 saturated carbocycles. The molecule has 1 heterocycles. The van der Waals surface area contributed by atoms with Crippen molar-refractivity contribution in [1.29, 1.82) is 0 Å². The van der Waals surface area contributed by atoms with Crippen LogP contribution < -0.4 is 15.0 Å². The van der Waals surface area contributed by atoms with E-state index in [4.69, 9.17) is 9.47 Å². The molecule has 210 valence electrons. The van der Waals surface area contributed by atoms with E-state index in [-0.39, 0.29) is 22.7 Å². The maximum atomic E-state index is 13.8. The number of ether oxygens (including phenoxy) is 2. The summed E-state index contributed by atoms with van der Waals surface area (Å²) in [5.74, 6) is -1.97. The first-order valence-corrected chi connectivity index (χ1v) is 14.1. The summed E-state index contributed by atoms with van der Waals surface area (Å²) in [6, 6.07) is 16.9. The summed E-state index contributed by atoms with van der Waals surface area (Å²) >= 11 is 0. The van der Waals surface area contributed by atoms with Crippen molar-refractivity contribution in [3.63, 3.8) is 0 Å². The molecule has 1 atom stereocenters. The van der Waals surface area contributed by atoms with Crippen molar-refractivity contribution in [2.24, 2.45) is 0 Å². The number of nitrogens with zero attached hydrogens (tertiary/aromatic N) is 1. The van der Waals surface area contributed by atoms with E-state index in [0.717, 1.165) is 22.9 Å². The summed E-state index contributed by atoms with van der Waals surface area (Å²) in [7, 11) is -2.51. The van der Waals surface area contributed by atoms with Gasteiger partial charge in [-0.1, -0.05) is 36.4 Å². The van der Waals surface area contributed by atoms with E-state index in [0.29, 0.717) is 5.56 Å². The highest BCUT2D eigenvalue weighted by Gasteiger charge is 2.39. The third-order valence-electron chi connectivity index (χ3n) is 6.19. The Bertz CT molecular complexity index is 1540. The van der Waals surface area contributed by atoms with Gasteiger partial charge in [0.2, 0.25) is 0 Å². The highest BCUT2D eigenvalue weighted by Crippen LogP contribution is 2.33. The van der Waals surface area contributed by atoms with E-state index in [1.807, 2.05) is 36.4 Å². The predicted molar refractivity (Wildman–Crippen MR) is 148 cm³/mol. The van der Waals surface area contributed by atoms with Gasteiger partial charge >= 0.3 is 12.1 Å². The molecule has 0 saturated heterocycles. The number of amides is 2. The molecule has 0 unspecified atom stereocenters. The van der Waals surface area contributed by atoms with Crippen LogP contribution in [-0.4, -0.2) is 56.0 Å². The molecule has 4 rings (SSSR count). The number of carbonyl (C=O) groups excluding carboxylic acids is 2. The van der Waals surface area contributed by atoms with Gasteiger partial charge in [-0.25, -0.2) is 18.0 Å². The van der Waals surface area contributed by atoms with Crippen LogP contribution in [0.2, 0.25) is 0 Å². The second-order valence-electron chi connectivity index (χ2n) is 10.3. The summed E-state index contributed by atoms with van der Waals surface area (Å²) in [4.78, 5) is 39.0. The number of sulfone groups is 1. The number of carboxylic acid groups (broad SMARTS) is 1. The number of nitrogens with one attached hydrogen (secondary N) is 1. The zero-order chi connectivity index (χ0) is 29.2. The lowest BCUT2D eigenvalue weighted by molar-refractivity contribution is -0.120. The van der Waals surface area contributed by atoms with Crippen molar-refractivity contribution >= 4 is 33.5 Å². The Morgan fingerprint density at radius 1 is 1.00 bits per heavy atom. The number of aromatic carboxylic acids is 1. The topological polar surface area (TPSA) is 139 Å². The molecule has 0 bridgehead atoms. The third-order valence-corrected chi connectivity index (χ3v) is 7.98. The highest BCUT2D eigenvalue weighted by atomic mass is 32.2. The minimum atomic E-state index is -4.10. The second kappa shape index (κ2) is 11.0. The fourth-order valence-corrected chi connectivity index (χ4v) is 5.90. The summed E-state index contributed by atoms with van der Waals surface area (Å²) in [6.45, 7) is 4.86. The molecular weight excluding hydrogens is 536 g/mol. The zero-order valence-electron chi connectivity index (χ0n) is 22.5. The number of carbonyl (C=O) groups is 3. The lowest BCUT2D eigenvalue weighted by Gasteiger charge is -2.27. The maximum Gasteiger partial charge on any atom is 0.408 e. The van der Waals surface area contributed by atoms with E-state index in [1.165, 1.54) is 17.0 Å². The van der Waals surface area contributed by atoms with Gasteiger partial charge in [-0.05, 0) is 67.8 Å². The van der Waals surface area contributed by atoms with Crippen molar-refractivity contribution in [3.8, 4) is 16.9 Å². The number of hydrogen-bond acceptors (Lipinski definition) is 7. The highest BCUT2D eigenvalue weighted by molar-refractivity contribution is 7.91. The van der Waals surface area contributed by atoms with Gasteiger partial charge < -0.3 is 24.8 Å². The minimum absolute atomic E-state index is 0.0696. The van der Waals surface area contributed by atoms with Gasteiger partial charge in [-0.3, -0.25) is 4.79 Å². The molecule has 11 heteroatoms. The van der Waals surface area contributed by atoms with Crippen LogP contribution in [0, 0.1) is 0 Å². The number of alkyl carbamates (subject to hydrolysis) is 1. The van der Waals surface area contributed by atoms with Gasteiger partial charge in [0, 0.05) is 0 Å². The van der Waals surface area contributed by atoms with Gasteiger partial charge in [-0.15, -0.1) is 0 Å². The molecule has 2 N–H and O–H groups in total. The molecule has 10 nitrogen and oxygen atoms in total. The smallest absolute Gasteiger partial charge is 0.408 e. The first-order valence-electron chi connectivity index (χ1n) is 12.4. The van der Waals surface area contributed by atoms with E-state index in [9.17, 15) is 27.9 Å². The van der Waals surface area contributed by atoms with Crippen LogP contribution in [0.4, 0.5) is 10.5 Å². The number of hydrogen-bond donors (Lipinski definition) is 2. The maximum absolute atomic E-state index is 13.8. The van der Waals surface area contributed by atoms with E-state index in [1.54, 1.807) is 40.0 Å². The average Bonchev–Trinajstić information content (AvgIpc) is 2.96. The molecule has 3 aromatic carbocycles. The number of benzene rings is 3. The zero-order valence-corrected chi connectivity index (χ0v) is 23.3. The van der Waals surface area contributed by atoms with E-state index in [2.05, 4.69) is 5.32 Å². The molecule has 1 aliphatic heterocycles. The Hall–Kier alpha value is -4.38. The Morgan fingerprint density at radius 3 is 2.15 bits per heavy atom. The molecule has 0 fully saturated rings. The number of rotatable bonds is 6. The van der Waals surface area contributed by atoms with Crippen LogP contribution in [0.1, 0.15) is 36.7 Å². The number of fused-ring (bicyclic) bond motifs is 1. The van der Waals surface area contributed by atoms with Gasteiger partial charge in [0.25, 0.3) is 5.91 Å². The quantitative estimate of drug-likeness (QED) is 0.451. The fraction of sp³-hybridized carbons (Fsp3) is 0.276. The van der Waals surface area contributed by atoms with Crippen LogP contribution in [0.25, 0.3) is 11.1 Å². The largest absolute Gasteiger partial charge is 0.497 e. The van der Waals surface area contributed by atoms with Crippen LogP contribution in [0.15, 0.2) is 71.6 Å². The van der Waals surface area contributed by atoms with Gasteiger partial charge in [0.05, 0.1) is 35.6 Å². The first kappa shape index (κ1) is 28.6. The molecule has 1 aliphatic rings. The third kappa shape index (κ3) is 6.42. The molecule has 0 aliphatic carbocycles. The summed E-state index contributed by atoms with van der Waals surface area (Å²) in [6.07, 6.45) is -0.943. The van der Waals surface area contributed by atoms with Gasteiger partial charge in [-0.2, -0.15) is 0 Å². The molecular formula is C29H30N2O8S. The van der Waals surface area contributed by atoms with Crippen LogP contribution in [0.5, 0.6) is 5.75 Å². The lowest BCUT2D eigenvalue weighted by Crippen LogP contribution is -2.51. The minimum Gasteiger partial charge on any atom is -0.497 e. The molecule has 0 aromatic heterocycles. The molecule has 0 radical (unpaired) electrons. The normalized spacial score (nSPS) is 16.4. The van der Waals surface area contributed by atoms with Crippen molar-refractivity contribution in [3.05, 3.63) is 77.9 Å². The number of carboxylic acids is 1.